The lowest BCUT2D eigenvalue weighted by Gasteiger charge is -2.31. The molecule has 0 saturated carbocycles. The molecule has 0 fully saturated rings. The van der Waals surface area contributed by atoms with Crippen molar-refractivity contribution in [2.24, 2.45) is 0 Å². The Morgan fingerprint density at radius 1 is 1.30 bits per heavy atom. The van der Waals surface area contributed by atoms with Crippen LogP contribution in [0.2, 0.25) is 0 Å². The van der Waals surface area contributed by atoms with Gasteiger partial charge in [0.1, 0.15) is 0 Å². The third-order valence-corrected chi connectivity index (χ3v) is 1.73. The van der Waals surface area contributed by atoms with Crippen LogP contribution in [0.15, 0.2) is 0 Å². The summed E-state index contributed by atoms with van der Waals surface area (Å²) in [6.45, 7) is 9.89. The minimum atomic E-state index is 0.231. The predicted molar refractivity (Wildman–Crippen MR) is 46.7 cm³/mol. The topological polar surface area (TPSA) is 3.24 Å². The van der Waals surface area contributed by atoms with Gasteiger partial charge in [-0.05, 0) is 33.7 Å². The van der Waals surface area contributed by atoms with Crippen LogP contribution < -0.4 is 0 Å². The standard InChI is InChI=1S/C9H20N/c1-6-7-8-10(5)9(2,3)4/h5-8H2,1-4H3. The van der Waals surface area contributed by atoms with Crippen molar-refractivity contribution in [2.75, 3.05) is 6.54 Å². The first kappa shape index (κ1) is 9.96. The van der Waals surface area contributed by atoms with Gasteiger partial charge in [-0.1, -0.05) is 13.3 Å². The van der Waals surface area contributed by atoms with Crippen molar-refractivity contribution in [1.82, 2.24) is 4.90 Å². The molecular formula is C9H20N. The average molecular weight is 142 g/mol. The van der Waals surface area contributed by atoms with E-state index in [9.17, 15) is 0 Å². The van der Waals surface area contributed by atoms with Crippen molar-refractivity contribution in [3.05, 3.63) is 7.05 Å². The average Bonchev–Trinajstić information content (AvgIpc) is 1.80. The zero-order valence-electron chi connectivity index (χ0n) is 7.78. The van der Waals surface area contributed by atoms with E-state index in [1.807, 2.05) is 0 Å². The highest BCUT2D eigenvalue weighted by atomic mass is 15.1. The zero-order chi connectivity index (χ0) is 8.20. The summed E-state index contributed by atoms with van der Waals surface area (Å²) in [7, 11) is 3.98. The van der Waals surface area contributed by atoms with Gasteiger partial charge in [0, 0.05) is 12.6 Å². The van der Waals surface area contributed by atoms with Gasteiger partial charge in [-0.2, -0.15) is 0 Å². The van der Waals surface area contributed by atoms with Crippen LogP contribution in [0, 0.1) is 7.05 Å². The molecule has 0 aliphatic carbocycles. The molecule has 0 aromatic heterocycles. The summed E-state index contributed by atoms with van der Waals surface area (Å²) in [6, 6.07) is 0. The predicted octanol–water partition coefficient (Wildman–Crippen LogP) is 2.68. The minimum absolute atomic E-state index is 0.231. The Labute approximate surface area is 65.4 Å². The van der Waals surface area contributed by atoms with Crippen LogP contribution in [0.1, 0.15) is 40.5 Å². The number of hydrogen-bond donors (Lipinski definition) is 0. The van der Waals surface area contributed by atoms with Crippen LogP contribution >= 0.6 is 0 Å². The van der Waals surface area contributed by atoms with Gasteiger partial charge in [-0.15, -0.1) is 0 Å². The van der Waals surface area contributed by atoms with Crippen LogP contribution in [0.5, 0.6) is 0 Å². The Balaban J connectivity index is 3.52. The summed E-state index contributed by atoms with van der Waals surface area (Å²) >= 11 is 0. The van der Waals surface area contributed by atoms with E-state index in [1.54, 1.807) is 0 Å². The maximum absolute atomic E-state index is 3.98. The Hall–Kier alpha value is -0.0400. The van der Waals surface area contributed by atoms with Crippen molar-refractivity contribution >= 4 is 0 Å². The highest BCUT2D eigenvalue weighted by Crippen LogP contribution is 2.11. The monoisotopic (exact) mass is 142 g/mol. The normalized spacial score (nSPS) is 12.6. The molecule has 1 radical (unpaired) electrons. The fourth-order valence-electron chi connectivity index (χ4n) is 0.684. The molecule has 0 atom stereocenters. The smallest absolute Gasteiger partial charge is 0.0125 e. The van der Waals surface area contributed by atoms with Gasteiger partial charge in [0.2, 0.25) is 0 Å². The van der Waals surface area contributed by atoms with E-state index < -0.39 is 0 Å². The second-order valence-electron chi connectivity index (χ2n) is 3.79. The van der Waals surface area contributed by atoms with Crippen LogP contribution in [0.3, 0.4) is 0 Å². The summed E-state index contributed by atoms with van der Waals surface area (Å²) in [5.74, 6) is 0. The second-order valence-corrected chi connectivity index (χ2v) is 3.79. The largest absolute Gasteiger partial charge is 0.297 e. The van der Waals surface area contributed by atoms with Crippen LogP contribution in [-0.4, -0.2) is 17.0 Å². The molecule has 0 aromatic rings. The Bertz CT molecular complexity index is 81.2. The summed E-state index contributed by atoms with van der Waals surface area (Å²) in [4.78, 5) is 2.15. The molecule has 1 heteroatoms. The third-order valence-electron chi connectivity index (χ3n) is 1.73. The lowest BCUT2D eigenvalue weighted by molar-refractivity contribution is 0.199. The first-order valence-corrected chi connectivity index (χ1v) is 4.06. The Kier molecular flexibility index (Phi) is 3.95. The van der Waals surface area contributed by atoms with Gasteiger partial charge >= 0.3 is 0 Å². The molecule has 0 unspecified atom stereocenters. The van der Waals surface area contributed by atoms with Crippen molar-refractivity contribution < 1.29 is 0 Å². The fraction of sp³-hybridized carbons (Fsp3) is 0.889. The van der Waals surface area contributed by atoms with E-state index in [1.165, 1.54) is 12.8 Å². The number of hydrogen-bond acceptors (Lipinski definition) is 1. The van der Waals surface area contributed by atoms with Crippen LogP contribution in [-0.2, 0) is 0 Å². The molecule has 0 N–H and O–H groups in total. The van der Waals surface area contributed by atoms with Crippen molar-refractivity contribution in [2.45, 2.75) is 46.1 Å². The third kappa shape index (κ3) is 3.89. The number of unbranched alkanes of at least 4 members (excludes halogenated alkanes) is 1. The number of nitrogens with zero attached hydrogens (tertiary/aromatic N) is 1. The zero-order valence-corrected chi connectivity index (χ0v) is 7.78. The maximum atomic E-state index is 3.98. The van der Waals surface area contributed by atoms with Gasteiger partial charge in [0.25, 0.3) is 0 Å². The van der Waals surface area contributed by atoms with Crippen molar-refractivity contribution in [1.29, 1.82) is 0 Å². The van der Waals surface area contributed by atoms with E-state index in [4.69, 9.17) is 0 Å². The van der Waals surface area contributed by atoms with E-state index in [0.717, 1.165) is 6.54 Å². The second kappa shape index (κ2) is 3.97. The van der Waals surface area contributed by atoms with Crippen LogP contribution in [0.4, 0.5) is 0 Å². The molecule has 0 bridgehead atoms. The molecule has 0 aromatic carbocycles. The Morgan fingerprint density at radius 3 is 2.10 bits per heavy atom. The van der Waals surface area contributed by atoms with E-state index in [-0.39, 0.29) is 5.54 Å². The lowest BCUT2D eigenvalue weighted by Crippen LogP contribution is -2.36. The maximum Gasteiger partial charge on any atom is 0.0125 e. The molecule has 0 aliphatic heterocycles. The lowest BCUT2D eigenvalue weighted by atomic mass is 10.1. The first-order chi connectivity index (χ1) is 4.48. The molecule has 0 heterocycles. The molecular weight excluding hydrogens is 122 g/mol. The molecule has 0 aliphatic rings. The molecule has 0 saturated heterocycles. The summed E-state index contributed by atoms with van der Waals surface area (Å²) in [5, 5.41) is 0. The SMILES string of the molecule is [CH2]N(CCCC)C(C)(C)C. The molecule has 0 spiro atoms. The fourth-order valence-corrected chi connectivity index (χ4v) is 0.684. The van der Waals surface area contributed by atoms with E-state index in [0.29, 0.717) is 0 Å². The van der Waals surface area contributed by atoms with Gasteiger partial charge in [0.15, 0.2) is 0 Å². The van der Waals surface area contributed by atoms with E-state index >= 15 is 0 Å². The minimum Gasteiger partial charge on any atom is -0.297 e. The number of rotatable bonds is 3. The van der Waals surface area contributed by atoms with E-state index in [2.05, 4.69) is 39.6 Å². The van der Waals surface area contributed by atoms with Gasteiger partial charge in [-0.25, -0.2) is 0 Å². The molecule has 1 nitrogen and oxygen atoms in total. The van der Waals surface area contributed by atoms with Gasteiger partial charge in [0.05, 0.1) is 0 Å². The van der Waals surface area contributed by atoms with Crippen LogP contribution in [0.25, 0.3) is 0 Å². The molecule has 0 rings (SSSR count). The van der Waals surface area contributed by atoms with Gasteiger partial charge < -0.3 is 0 Å². The quantitative estimate of drug-likeness (QED) is 0.585. The highest BCUT2D eigenvalue weighted by molar-refractivity contribution is 4.74. The summed E-state index contributed by atoms with van der Waals surface area (Å²) < 4.78 is 0. The summed E-state index contributed by atoms with van der Waals surface area (Å²) in [6.07, 6.45) is 2.50. The molecule has 10 heavy (non-hydrogen) atoms. The first-order valence-electron chi connectivity index (χ1n) is 4.06. The highest BCUT2D eigenvalue weighted by Gasteiger charge is 2.15. The Morgan fingerprint density at radius 2 is 1.80 bits per heavy atom. The van der Waals surface area contributed by atoms with Crippen molar-refractivity contribution in [3.63, 3.8) is 0 Å². The summed E-state index contributed by atoms with van der Waals surface area (Å²) in [5.41, 5.74) is 0.231. The molecule has 61 valence electrons. The molecule has 0 amide bonds. The van der Waals surface area contributed by atoms with Gasteiger partial charge in [-0.3, -0.25) is 4.90 Å². The van der Waals surface area contributed by atoms with Crippen molar-refractivity contribution in [3.8, 4) is 0 Å².